The van der Waals surface area contributed by atoms with Crippen LogP contribution >= 0.6 is 11.6 Å². The third kappa shape index (κ3) is 3.27. The van der Waals surface area contributed by atoms with E-state index < -0.39 is 0 Å². The van der Waals surface area contributed by atoms with E-state index in [4.69, 9.17) is 17.4 Å². The highest BCUT2D eigenvalue weighted by atomic mass is 35.5. The summed E-state index contributed by atoms with van der Waals surface area (Å²) in [5.41, 5.74) is 1.11. The van der Waals surface area contributed by atoms with Crippen molar-refractivity contribution in [2.75, 3.05) is 7.05 Å². The summed E-state index contributed by atoms with van der Waals surface area (Å²) < 4.78 is 0. The number of hydrogen-bond acceptors (Lipinski definition) is 3. The molecule has 3 N–H and O–H groups in total. The number of hydrazine groups is 1. The normalized spacial score (nSPS) is 13.2. The molecular weight excluding hydrogens is 198 g/mol. The van der Waals surface area contributed by atoms with E-state index in [2.05, 4.69) is 5.32 Å². The molecule has 0 saturated heterocycles. The van der Waals surface area contributed by atoms with Crippen LogP contribution in [0.15, 0.2) is 24.3 Å². The summed E-state index contributed by atoms with van der Waals surface area (Å²) in [7, 11) is 1.88. The molecule has 0 aromatic heterocycles. The van der Waals surface area contributed by atoms with Crippen LogP contribution in [0.25, 0.3) is 0 Å². The van der Waals surface area contributed by atoms with Crippen LogP contribution in [0.1, 0.15) is 12.5 Å². The molecule has 1 unspecified atom stereocenters. The van der Waals surface area contributed by atoms with Crippen molar-refractivity contribution in [3.63, 3.8) is 0 Å². The summed E-state index contributed by atoms with van der Waals surface area (Å²) in [5.74, 6) is 5.84. The zero-order chi connectivity index (χ0) is 10.6. The number of hydrogen-bond donors (Lipinski definition) is 2. The minimum absolute atomic E-state index is 0.147. The van der Waals surface area contributed by atoms with Gasteiger partial charge in [0, 0.05) is 11.6 Å². The van der Waals surface area contributed by atoms with Crippen molar-refractivity contribution in [3.8, 4) is 0 Å². The number of nitrogens with zero attached hydrogens (tertiary/aromatic N) is 1. The Kier molecular flexibility index (Phi) is 4.35. The van der Waals surface area contributed by atoms with Gasteiger partial charge >= 0.3 is 0 Å². The number of halogens is 1. The molecule has 0 aliphatic rings. The van der Waals surface area contributed by atoms with Crippen LogP contribution in [-0.4, -0.2) is 18.2 Å². The molecule has 0 radical (unpaired) electrons. The standard InChI is InChI=1S/C10H16ClN3/c1-8(13-2)14(12)7-9-4-3-5-10(11)6-9/h3-6,8,13H,7,12H2,1-2H3. The fourth-order valence-electron chi connectivity index (χ4n) is 1.15. The van der Waals surface area contributed by atoms with E-state index in [0.29, 0.717) is 6.54 Å². The number of benzene rings is 1. The monoisotopic (exact) mass is 213 g/mol. The molecule has 0 bridgehead atoms. The maximum atomic E-state index is 5.87. The summed E-state index contributed by atoms with van der Waals surface area (Å²) in [4.78, 5) is 0. The number of nitrogens with two attached hydrogens (primary N) is 1. The van der Waals surface area contributed by atoms with Crippen LogP contribution in [0.2, 0.25) is 5.02 Å². The zero-order valence-electron chi connectivity index (χ0n) is 8.50. The number of nitrogens with one attached hydrogen (secondary N) is 1. The van der Waals surface area contributed by atoms with E-state index in [1.54, 1.807) is 5.01 Å². The first-order chi connectivity index (χ1) is 6.63. The van der Waals surface area contributed by atoms with E-state index in [0.717, 1.165) is 10.6 Å². The average Bonchev–Trinajstić information content (AvgIpc) is 2.16. The van der Waals surface area contributed by atoms with E-state index in [1.807, 2.05) is 38.2 Å². The highest BCUT2D eigenvalue weighted by molar-refractivity contribution is 6.30. The third-order valence-electron chi connectivity index (χ3n) is 2.17. The van der Waals surface area contributed by atoms with Gasteiger partial charge in [0.05, 0.1) is 6.17 Å². The summed E-state index contributed by atoms with van der Waals surface area (Å²) in [6.45, 7) is 2.69. The van der Waals surface area contributed by atoms with Gasteiger partial charge in [0.1, 0.15) is 0 Å². The Hall–Kier alpha value is -0.610. The molecule has 78 valence electrons. The lowest BCUT2D eigenvalue weighted by Crippen LogP contribution is -2.45. The summed E-state index contributed by atoms with van der Waals surface area (Å²) in [6.07, 6.45) is 0.147. The van der Waals surface area contributed by atoms with E-state index in [9.17, 15) is 0 Å². The summed E-state index contributed by atoms with van der Waals surface area (Å²) in [6, 6.07) is 7.71. The lowest BCUT2D eigenvalue weighted by atomic mass is 10.2. The van der Waals surface area contributed by atoms with Gasteiger partial charge in [-0.3, -0.25) is 5.84 Å². The van der Waals surface area contributed by atoms with Gasteiger partial charge in [-0.25, -0.2) is 5.01 Å². The van der Waals surface area contributed by atoms with Crippen molar-refractivity contribution < 1.29 is 0 Å². The van der Waals surface area contributed by atoms with E-state index in [1.165, 1.54) is 0 Å². The predicted octanol–water partition coefficient (Wildman–Crippen LogP) is 1.58. The third-order valence-corrected chi connectivity index (χ3v) is 2.40. The lowest BCUT2D eigenvalue weighted by molar-refractivity contribution is 0.181. The van der Waals surface area contributed by atoms with Crippen LogP contribution in [0, 0.1) is 0 Å². The molecule has 0 heterocycles. The predicted molar refractivity (Wildman–Crippen MR) is 59.7 cm³/mol. The maximum Gasteiger partial charge on any atom is 0.0703 e. The lowest BCUT2D eigenvalue weighted by Gasteiger charge is -2.23. The van der Waals surface area contributed by atoms with Crippen molar-refractivity contribution in [2.45, 2.75) is 19.6 Å². The van der Waals surface area contributed by atoms with Crippen LogP contribution < -0.4 is 11.2 Å². The van der Waals surface area contributed by atoms with Crippen molar-refractivity contribution in [2.24, 2.45) is 5.84 Å². The first kappa shape index (κ1) is 11.5. The Labute approximate surface area is 89.8 Å². The molecule has 1 atom stereocenters. The van der Waals surface area contributed by atoms with Crippen LogP contribution in [-0.2, 0) is 6.54 Å². The number of rotatable bonds is 4. The van der Waals surface area contributed by atoms with Crippen molar-refractivity contribution in [1.29, 1.82) is 0 Å². The second-order valence-electron chi connectivity index (χ2n) is 3.27. The van der Waals surface area contributed by atoms with Gasteiger partial charge < -0.3 is 5.32 Å². The molecular formula is C10H16ClN3. The minimum Gasteiger partial charge on any atom is -0.304 e. The van der Waals surface area contributed by atoms with Gasteiger partial charge in [0.2, 0.25) is 0 Å². The van der Waals surface area contributed by atoms with Gasteiger partial charge in [0.25, 0.3) is 0 Å². The molecule has 0 aliphatic heterocycles. The Morgan fingerprint density at radius 3 is 2.86 bits per heavy atom. The van der Waals surface area contributed by atoms with E-state index in [-0.39, 0.29) is 6.17 Å². The molecule has 0 spiro atoms. The maximum absolute atomic E-state index is 5.87. The second kappa shape index (κ2) is 5.32. The molecule has 1 aromatic carbocycles. The van der Waals surface area contributed by atoms with Crippen molar-refractivity contribution >= 4 is 11.6 Å². The molecule has 0 amide bonds. The van der Waals surface area contributed by atoms with Crippen molar-refractivity contribution in [1.82, 2.24) is 10.3 Å². The fourth-order valence-corrected chi connectivity index (χ4v) is 1.36. The molecule has 3 nitrogen and oxygen atoms in total. The first-order valence-corrected chi connectivity index (χ1v) is 4.94. The Morgan fingerprint density at radius 2 is 2.29 bits per heavy atom. The Bertz CT molecular complexity index is 290. The Morgan fingerprint density at radius 1 is 1.57 bits per heavy atom. The fraction of sp³-hybridized carbons (Fsp3) is 0.400. The highest BCUT2D eigenvalue weighted by Crippen LogP contribution is 2.11. The molecule has 0 aliphatic carbocycles. The molecule has 1 aromatic rings. The van der Waals surface area contributed by atoms with Gasteiger partial charge in [0.15, 0.2) is 0 Å². The van der Waals surface area contributed by atoms with Crippen LogP contribution in [0.3, 0.4) is 0 Å². The van der Waals surface area contributed by atoms with E-state index >= 15 is 0 Å². The minimum atomic E-state index is 0.147. The molecule has 1 rings (SSSR count). The zero-order valence-corrected chi connectivity index (χ0v) is 9.25. The smallest absolute Gasteiger partial charge is 0.0703 e. The summed E-state index contributed by atoms with van der Waals surface area (Å²) >= 11 is 5.87. The van der Waals surface area contributed by atoms with Gasteiger partial charge in [-0.05, 0) is 31.7 Å². The van der Waals surface area contributed by atoms with Gasteiger partial charge in [-0.15, -0.1) is 0 Å². The van der Waals surface area contributed by atoms with Crippen LogP contribution in [0.5, 0.6) is 0 Å². The van der Waals surface area contributed by atoms with Gasteiger partial charge in [-0.1, -0.05) is 23.7 Å². The van der Waals surface area contributed by atoms with Gasteiger partial charge in [-0.2, -0.15) is 0 Å². The molecule has 0 fully saturated rings. The largest absolute Gasteiger partial charge is 0.304 e. The topological polar surface area (TPSA) is 41.3 Å². The quantitative estimate of drug-likeness (QED) is 0.453. The molecule has 0 saturated carbocycles. The molecule has 14 heavy (non-hydrogen) atoms. The van der Waals surface area contributed by atoms with Crippen LogP contribution in [0.4, 0.5) is 0 Å². The highest BCUT2D eigenvalue weighted by Gasteiger charge is 2.07. The SMILES string of the molecule is CNC(C)N(N)Cc1cccc(Cl)c1. The first-order valence-electron chi connectivity index (χ1n) is 4.56. The van der Waals surface area contributed by atoms with Crippen molar-refractivity contribution in [3.05, 3.63) is 34.9 Å². The Balaban J connectivity index is 2.60. The molecule has 4 heteroatoms. The second-order valence-corrected chi connectivity index (χ2v) is 3.70. The summed E-state index contributed by atoms with van der Waals surface area (Å²) in [5, 5.41) is 5.54. The average molecular weight is 214 g/mol.